The largest absolute Gasteiger partial charge is 0.381 e. The van der Waals surface area contributed by atoms with Crippen molar-refractivity contribution >= 4 is 5.91 Å². The van der Waals surface area contributed by atoms with Crippen molar-refractivity contribution in [2.75, 3.05) is 20.3 Å². The van der Waals surface area contributed by atoms with Crippen molar-refractivity contribution in [2.24, 2.45) is 11.7 Å². The topological polar surface area (TPSA) is 55.6 Å². The smallest absolute Gasteiger partial charge is 0.239 e. The first kappa shape index (κ1) is 13.5. The lowest BCUT2D eigenvalue weighted by atomic mass is 9.93. The standard InChI is InChI=1S/C12H24N2O2/c1-4-9(2)14(3)12(15)11(13)10-6-5-7-16-8-10/h9-11H,4-8,13H2,1-3H3. The number of nitrogens with zero attached hydrogens (tertiary/aromatic N) is 1. The number of rotatable bonds is 4. The van der Waals surface area contributed by atoms with Gasteiger partial charge in [0.15, 0.2) is 0 Å². The molecular weight excluding hydrogens is 204 g/mol. The summed E-state index contributed by atoms with van der Waals surface area (Å²) in [4.78, 5) is 13.9. The summed E-state index contributed by atoms with van der Waals surface area (Å²) in [6.45, 7) is 5.55. The molecule has 0 aromatic carbocycles. The van der Waals surface area contributed by atoms with Crippen molar-refractivity contribution in [3.63, 3.8) is 0 Å². The van der Waals surface area contributed by atoms with Gasteiger partial charge in [0.1, 0.15) is 0 Å². The van der Waals surface area contributed by atoms with E-state index >= 15 is 0 Å². The maximum absolute atomic E-state index is 12.1. The van der Waals surface area contributed by atoms with Crippen LogP contribution in [0.1, 0.15) is 33.1 Å². The zero-order valence-corrected chi connectivity index (χ0v) is 10.6. The van der Waals surface area contributed by atoms with Crippen molar-refractivity contribution in [3.05, 3.63) is 0 Å². The second-order valence-electron chi connectivity index (χ2n) is 4.71. The minimum atomic E-state index is -0.403. The first-order valence-electron chi connectivity index (χ1n) is 6.18. The molecule has 1 heterocycles. The average molecular weight is 228 g/mol. The summed E-state index contributed by atoms with van der Waals surface area (Å²) < 4.78 is 5.37. The summed E-state index contributed by atoms with van der Waals surface area (Å²) in [5.74, 6) is 0.234. The Bertz CT molecular complexity index is 227. The van der Waals surface area contributed by atoms with Gasteiger partial charge in [0.2, 0.25) is 5.91 Å². The van der Waals surface area contributed by atoms with Gasteiger partial charge in [-0.05, 0) is 26.2 Å². The molecule has 1 aliphatic rings. The van der Waals surface area contributed by atoms with E-state index < -0.39 is 6.04 Å². The van der Waals surface area contributed by atoms with Crippen molar-refractivity contribution in [3.8, 4) is 0 Å². The number of nitrogens with two attached hydrogens (primary N) is 1. The van der Waals surface area contributed by atoms with E-state index in [1.165, 1.54) is 0 Å². The molecule has 1 fully saturated rings. The minimum Gasteiger partial charge on any atom is -0.381 e. The molecule has 0 aromatic heterocycles. The van der Waals surface area contributed by atoms with Crippen LogP contribution in [0.2, 0.25) is 0 Å². The molecule has 1 rings (SSSR count). The molecule has 0 aromatic rings. The zero-order valence-electron chi connectivity index (χ0n) is 10.6. The molecule has 0 saturated carbocycles. The van der Waals surface area contributed by atoms with E-state index in [2.05, 4.69) is 6.92 Å². The SMILES string of the molecule is CCC(C)N(C)C(=O)C(N)C1CCCOC1. The number of ether oxygens (including phenoxy) is 1. The van der Waals surface area contributed by atoms with Gasteiger partial charge in [0, 0.05) is 25.6 Å². The van der Waals surface area contributed by atoms with Crippen molar-refractivity contribution in [2.45, 2.75) is 45.2 Å². The predicted octanol–water partition coefficient (Wildman–Crippen LogP) is 0.997. The molecule has 2 N–H and O–H groups in total. The number of hydrogen-bond donors (Lipinski definition) is 1. The average Bonchev–Trinajstić information content (AvgIpc) is 2.36. The summed E-state index contributed by atoms with van der Waals surface area (Å²) in [6, 6.07) is -0.151. The molecule has 4 nitrogen and oxygen atoms in total. The maximum atomic E-state index is 12.1. The number of likely N-dealkylation sites (N-methyl/N-ethyl adjacent to an activating group) is 1. The zero-order chi connectivity index (χ0) is 12.1. The van der Waals surface area contributed by atoms with Crippen LogP contribution in [0.4, 0.5) is 0 Å². The Kier molecular flexibility index (Phi) is 5.22. The van der Waals surface area contributed by atoms with Crippen LogP contribution in [0.3, 0.4) is 0 Å². The van der Waals surface area contributed by atoms with Crippen LogP contribution in [0.15, 0.2) is 0 Å². The Balaban J connectivity index is 2.51. The fraction of sp³-hybridized carbons (Fsp3) is 0.917. The van der Waals surface area contributed by atoms with Gasteiger partial charge in [-0.1, -0.05) is 6.92 Å². The van der Waals surface area contributed by atoms with Crippen molar-refractivity contribution < 1.29 is 9.53 Å². The Labute approximate surface area is 98.1 Å². The van der Waals surface area contributed by atoms with Gasteiger partial charge < -0.3 is 15.4 Å². The molecule has 0 aliphatic carbocycles. The van der Waals surface area contributed by atoms with Crippen LogP contribution in [-0.4, -0.2) is 43.2 Å². The predicted molar refractivity (Wildman–Crippen MR) is 64.0 cm³/mol. The Morgan fingerprint density at radius 1 is 1.62 bits per heavy atom. The summed E-state index contributed by atoms with van der Waals surface area (Å²) >= 11 is 0. The van der Waals surface area contributed by atoms with Gasteiger partial charge in [-0.2, -0.15) is 0 Å². The van der Waals surface area contributed by atoms with E-state index in [9.17, 15) is 4.79 Å². The fourth-order valence-electron chi connectivity index (χ4n) is 1.98. The second-order valence-corrected chi connectivity index (χ2v) is 4.71. The second kappa shape index (κ2) is 6.21. The summed E-state index contributed by atoms with van der Waals surface area (Å²) in [7, 11) is 1.83. The Morgan fingerprint density at radius 3 is 2.81 bits per heavy atom. The monoisotopic (exact) mass is 228 g/mol. The lowest BCUT2D eigenvalue weighted by Crippen LogP contribution is -2.50. The first-order valence-corrected chi connectivity index (χ1v) is 6.18. The lowest BCUT2D eigenvalue weighted by molar-refractivity contribution is -0.135. The van der Waals surface area contributed by atoms with E-state index in [0.717, 1.165) is 25.9 Å². The molecule has 3 atom stereocenters. The van der Waals surface area contributed by atoms with E-state index in [0.29, 0.717) is 6.61 Å². The lowest BCUT2D eigenvalue weighted by Gasteiger charge is -2.32. The molecular formula is C12H24N2O2. The van der Waals surface area contributed by atoms with E-state index in [1.807, 2.05) is 14.0 Å². The highest BCUT2D eigenvalue weighted by atomic mass is 16.5. The van der Waals surface area contributed by atoms with Gasteiger partial charge in [0.25, 0.3) is 0 Å². The van der Waals surface area contributed by atoms with Gasteiger partial charge in [-0.15, -0.1) is 0 Å². The first-order chi connectivity index (χ1) is 7.57. The Hall–Kier alpha value is -0.610. The molecule has 0 spiro atoms. The summed E-state index contributed by atoms with van der Waals surface area (Å²) in [6.07, 6.45) is 2.97. The Morgan fingerprint density at radius 2 is 2.31 bits per heavy atom. The number of carbonyl (C=O) groups is 1. The molecule has 1 aliphatic heterocycles. The third kappa shape index (κ3) is 3.19. The van der Waals surface area contributed by atoms with E-state index in [4.69, 9.17) is 10.5 Å². The highest BCUT2D eigenvalue weighted by Crippen LogP contribution is 2.18. The van der Waals surface area contributed by atoms with Crippen molar-refractivity contribution in [1.82, 2.24) is 4.90 Å². The molecule has 0 bridgehead atoms. The quantitative estimate of drug-likeness (QED) is 0.781. The molecule has 16 heavy (non-hydrogen) atoms. The van der Waals surface area contributed by atoms with Crippen LogP contribution in [0.5, 0.6) is 0 Å². The highest BCUT2D eigenvalue weighted by Gasteiger charge is 2.29. The van der Waals surface area contributed by atoms with Gasteiger partial charge >= 0.3 is 0 Å². The summed E-state index contributed by atoms with van der Waals surface area (Å²) in [5, 5.41) is 0. The van der Waals surface area contributed by atoms with Gasteiger partial charge in [0.05, 0.1) is 12.6 Å². The van der Waals surface area contributed by atoms with E-state index in [-0.39, 0.29) is 17.9 Å². The van der Waals surface area contributed by atoms with E-state index in [1.54, 1.807) is 4.90 Å². The normalized spacial score (nSPS) is 24.9. The van der Waals surface area contributed by atoms with Crippen LogP contribution in [0, 0.1) is 5.92 Å². The van der Waals surface area contributed by atoms with Crippen LogP contribution in [-0.2, 0) is 9.53 Å². The van der Waals surface area contributed by atoms with Crippen LogP contribution in [0.25, 0.3) is 0 Å². The highest BCUT2D eigenvalue weighted by molar-refractivity contribution is 5.82. The number of hydrogen-bond acceptors (Lipinski definition) is 3. The third-order valence-corrected chi connectivity index (χ3v) is 3.59. The molecule has 4 heteroatoms. The van der Waals surface area contributed by atoms with Crippen LogP contribution >= 0.6 is 0 Å². The number of carbonyl (C=O) groups excluding carboxylic acids is 1. The molecule has 1 amide bonds. The summed E-state index contributed by atoms with van der Waals surface area (Å²) in [5.41, 5.74) is 6.01. The molecule has 94 valence electrons. The molecule has 1 saturated heterocycles. The van der Waals surface area contributed by atoms with Gasteiger partial charge in [-0.3, -0.25) is 4.79 Å². The molecule has 0 radical (unpaired) electrons. The fourth-order valence-corrected chi connectivity index (χ4v) is 1.98. The molecule has 3 unspecified atom stereocenters. The van der Waals surface area contributed by atoms with Crippen LogP contribution < -0.4 is 5.73 Å². The minimum absolute atomic E-state index is 0.0462. The maximum Gasteiger partial charge on any atom is 0.239 e. The number of amides is 1. The third-order valence-electron chi connectivity index (χ3n) is 3.59. The van der Waals surface area contributed by atoms with Crippen molar-refractivity contribution in [1.29, 1.82) is 0 Å². The van der Waals surface area contributed by atoms with Gasteiger partial charge in [-0.25, -0.2) is 0 Å².